The lowest BCUT2D eigenvalue weighted by atomic mass is 10.0. The number of nitrogens with zero attached hydrogens (tertiary/aromatic N) is 3. The molecule has 0 bridgehead atoms. The van der Waals surface area contributed by atoms with E-state index < -0.39 is 12.1 Å². The van der Waals surface area contributed by atoms with E-state index in [1.165, 1.54) is 11.8 Å². The zero-order chi connectivity index (χ0) is 22.7. The third kappa shape index (κ3) is 5.17. The average Bonchev–Trinajstić information content (AvgIpc) is 3.40. The lowest BCUT2D eigenvalue weighted by molar-refractivity contribution is -0.137. The molecule has 2 amide bonds. The van der Waals surface area contributed by atoms with Gasteiger partial charge in [-0.3, -0.25) is 14.5 Å². The number of hydrogen-bond acceptors (Lipinski definition) is 7. The highest BCUT2D eigenvalue weighted by molar-refractivity contribution is 7.13. The van der Waals surface area contributed by atoms with Crippen LogP contribution < -0.4 is 5.32 Å². The van der Waals surface area contributed by atoms with Gasteiger partial charge in [0.1, 0.15) is 6.04 Å². The molecule has 2 N–H and O–H groups in total. The second kappa shape index (κ2) is 10.1. The molecule has 2 fully saturated rings. The molecule has 2 saturated heterocycles. The van der Waals surface area contributed by atoms with Crippen LogP contribution in [0.4, 0.5) is 0 Å². The van der Waals surface area contributed by atoms with Crippen LogP contribution in [0.25, 0.3) is 10.4 Å². The molecule has 2 aliphatic heterocycles. The van der Waals surface area contributed by atoms with E-state index in [0.29, 0.717) is 19.8 Å². The number of carbonyl (C=O) groups is 2. The zero-order valence-corrected chi connectivity index (χ0v) is 19.3. The first-order valence-electron chi connectivity index (χ1n) is 11.0. The van der Waals surface area contributed by atoms with Gasteiger partial charge in [-0.15, -0.1) is 11.3 Å². The summed E-state index contributed by atoms with van der Waals surface area (Å²) in [7, 11) is 0. The largest absolute Gasteiger partial charge is 0.391 e. The SMILES string of the molecule is CC(=O)N1C[C@H](O)C[C@H]1C(=O)N[C@@H](CN1CCOCC1)c1ccc(-c2scnc2C)cc1. The van der Waals surface area contributed by atoms with Gasteiger partial charge in [-0.05, 0) is 18.1 Å². The maximum absolute atomic E-state index is 13.2. The van der Waals surface area contributed by atoms with Crippen LogP contribution in [0.2, 0.25) is 0 Å². The lowest BCUT2D eigenvalue weighted by Gasteiger charge is -2.32. The van der Waals surface area contributed by atoms with Crippen molar-refractivity contribution >= 4 is 23.2 Å². The van der Waals surface area contributed by atoms with Crippen molar-refractivity contribution < 1.29 is 19.4 Å². The smallest absolute Gasteiger partial charge is 0.243 e. The number of aryl methyl sites for hydroxylation is 1. The maximum Gasteiger partial charge on any atom is 0.243 e. The van der Waals surface area contributed by atoms with Crippen molar-refractivity contribution in [1.29, 1.82) is 0 Å². The molecule has 1 aromatic heterocycles. The molecule has 0 saturated carbocycles. The Hall–Kier alpha value is -2.33. The number of benzene rings is 1. The number of hydrogen-bond donors (Lipinski definition) is 2. The topological polar surface area (TPSA) is 95.0 Å². The van der Waals surface area contributed by atoms with Gasteiger partial charge in [0.2, 0.25) is 11.8 Å². The highest BCUT2D eigenvalue weighted by Gasteiger charge is 2.38. The molecule has 8 nitrogen and oxygen atoms in total. The van der Waals surface area contributed by atoms with Crippen LogP contribution in [0.15, 0.2) is 29.8 Å². The summed E-state index contributed by atoms with van der Waals surface area (Å²) in [6.45, 7) is 7.27. The van der Waals surface area contributed by atoms with Crippen LogP contribution in [0.1, 0.15) is 30.6 Å². The maximum atomic E-state index is 13.2. The fraction of sp³-hybridized carbons (Fsp3) is 0.522. The number of likely N-dealkylation sites (tertiary alicyclic amines) is 1. The van der Waals surface area contributed by atoms with E-state index in [2.05, 4.69) is 27.3 Å². The highest BCUT2D eigenvalue weighted by atomic mass is 32.1. The molecule has 172 valence electrons. The van der Waals surface area contributed by atoms with Gasteiger partial charge in [-0.1, -0.05) is 24.3 Å². The molecule has 2 aromatic rings. The summed E-state index contributed by atoms with van der Waals surface area (Å²) in [5.41, 5.74) is 4.96. The lowest BCUT2D eigenvalue weighted by Crippen LogP contribution is -2.49. The van der Waals surface area contributed by atoms with E-state index in [-0.39, 0.29) is 30.8 Å². The third-order valence-corrected chi connectivity index (χ3v) is 7.15. The van der Waals surface area contributed by atoms with Gasteiger partial charge in [-0.25, -0.2) is 4.98 Å². The summed E-state index contributed by atoms with van der Waals surface area (Å²) in [5.74, 6) is -0.423. The molecule has 0 aliphatic carbocycles. The van der Waals surface area contributed by atoms with Gasteiger partial charge in [0.15, 0.2) is 0 Å². The van der Waals surface area contributed by atoms with Crippen molar-refractivity contribution in [2.24, 2.45) is 0 Å². The molecule has 9 heteroatoms. The minimum Gasteiger partial charge on any atom is -0.391 e. The number of rotatable bonds is 6. The number of morpholine rings is 1. The van der Waals surface area contributed by atoms with E-state index in [4.69, 9.17) is 4.74 Å². The fourth-order valence-corrected chi connectivity index (χ4v) is 5.21. The molecule has 1 aromatic carbocycles. The van der Waals surface area contributed by atoms with Gasteiger partial charge in [-0.2, -0.15) is 0 Å². The van der Waals surface area contributed by atoms with Crippen LogP contribution in [-0.2, 0) is 14.3 Å². The summed E-state index contributed by atoms with van der Waals surface area (Å²) >= 11 is 1.61. The fourth-order valence-electron chi connectivity index (χ4n) is 4.40. The van der Waals surface area contributed by atoms with Gasteiger partial charge in [0.25, 0.3) is 0 Å². The first-order valence-corrected chi connectivity index (χ1v) is 11.9. The number of ether oxygens (including phenoxy) is 1. The van der Waals surface area contributed by atoms with Crippen molar-refractivity contribution in [1.82, 2.24) is 20.1 Å². The third-order valence-electron chi connectivity index (χ3n) is 6.17. The van der Waals surface area contributed by atoms with Crippen LogP contribution in [-0.4, -0.2) is 83.2 Å². The van der Waals surface area contributed by atoms with E-state index >= 15 is 0 Å². The average molecular weight is 459 g/mol. The van der Waals surface area contributed by atoms with Crippen LogP contribution in [0.3, 0.4) is 0 Å². The molecular formula is C23H30N4O4S. The first kappa shape index (κ1) is 22.8. The normalized spacial score (nSPS) is 22.7. The second-order valence-corrected chi connectivity index (χ2v) is 9.29. The molecule has 3 atom stereocenters. The number of aliphatic hydroxyl groups is 1. The number of aromatic nitrogens is 1. The van der Waals surface area contributed by atoms with E-state index in [1.807, 2.05) is 24.6 Å². The number of β-amino-alcohol motifs (C(OH)–C–C–N with tert-alkyl or cyclic N) is 1. The predicted octanol–water partition coefficient (Wildman–Crippen LogP) is 1.59. The molecule has 32 heavy (non-hydrogen) atoms. The van der Waals surface area contributed by atoms with Gasteiger partial charge < -0.3 is 20.1 Å². The summed E-state index contributed by atoms with van der Waals surface area (Å²) in [6.07, 6.45) is -0.409. The highest BCUT2D eigenvalue weighted by Crippen LogP contribution is 2.29. The number of carbonyl (C=O) groups excluding carboxylic acids is 2. The molecule has 3 heterocycles. The van der Waals surface area contributed by atoms with Gasteiger partial charge in [0.05, 0.1) is 41.4 Å². The summed E-state index contributed by atoms with van der Waals surface area (Å²) < 4.78 is 5.46. The van der Waals surface area contributed by atoms with Crippen molar-refractivity contribution in [3.8, 4) is 10.4 Å². The Morgan fingerprint density at radius 2 is 2.00 bits per heavy atom. The van der Waals surface area contributed by atoms with Crippen molar-refractivity contribution in [2.45, 2.75) is 38.5 Å². The summed E-state index contributed by atoms with van der Waals surface area (Å²) in [5, 5.41) is 13.2. The number of aliphatic hydroxyl groups excluding tert-OH is 1. The number of nitrogens with one attached hydrogen (secondary N) is 1. The Labute approximate surface area is 192 Å². The molecule has 0 unspecified atom stereocenters. The van der Waals surface area contributed by atoms with Crippen LogP contribution in [0, 0.1) is 6.92 Å². The summed E-state index contributed by atoms with van der Waals surface area (Å²) in [4.78, 5) is 34.3. The van der Waals surface area contributed by atoms with Crippen LogP contribution >= 0.6 is 11.3 Å². The van der Waals surface area contributed by atoms with E-state index in [9.17, 15) is 14.7 Å². The monoisotopic (exact) mass is 458 g/mol. The Bertz CT molecular complexity index is 942. The van der Waals surface area contributed by atoms with Crippen LogP contribution in [0.5, 0.6) is 0 Å². The molecule has 0 radical (unpaired) electrons. The number of amides is 2. The van der Waals surface area contributed by atoms with E-state index in [0.717, 1.165) is 34.8 Å². The quantitative estimate of drug-likeness (QED) is 0.683. The Morgan fingerprint density at radius 3 is 2.62 bits per heavy atom. The minimum atomic E-state index is -0.672. The Balaban J connectivity index is 1.54. The van der Waals surface area contributed by atoms with Gasteiger partial charge in [0, 0.05) is 39.5 Å². The molecule has 2 aliphatic rings. The first-order chi connectivity index (χ1) is 15.4. The van der Waals surface area contributed by atoms with Crippen molar-refractivity contribution in [3.05, 3.63) is 41.0 Å². The van der Waals surface area contributed by atoms with Gasteiger partial charge >= 0.3 is 0 Å². The standard InChI is InChI=1S/C23H30N4O4S/c1-15-22(32-14-24-15)18-5-3-17(4-6-18)20(13-26-7-9-31-10-8-26)25-23(30)21-11-19(29)12-27(21)16(2)28/h3-6,14,19-21,29H,7-13H2,1-2H3,(H,25,30)/t19-,20+,21+/m1/s1. The Morgan fingerprint density at radius 1 is 1.28 bits per heavy atom. The molecule has 0 spiro atoms. The predicted molar refractivity (Wildman–Crippen MR) is 122 cm³/mol. The Kier molecular flexibility index (Phi) is 7.20. The van der Waals surface area contributed by atoms with E-state index in [1.54, 1.807) is 11.3 Å². The molecule has 4 rings (SSSR count). The molecular weight excluding hydrogens is 428 g/mol. The second-order valence-electron chi connectivity index (χ2n) is 8.44. The zero-order valence-electron chi connectivity index (χ0n) is 18.5. The van der Waals surface area contributed by atoms with Crippen molar-refractivity contribution in [2.75, 3.05) is 39.4 Å². The number of thiazole rings is 1. The summed E-state index contributed by atoms with van der Waals surface area (Å²) in [6, 6.07) is 7.35. The minimum absolute atomic E-state index is 0.198. The van der Waals surface area contributed by atoms with Crippen molar-refractivity contribution in [3.63, 3.8) is 0 Å².